The molecule has 1 unspecified atom stereocenters. The van der Waals surface area contributed by atoms with Gasteiger partial charge in [0.15, 0.2) is 23.6 Å². The number of methoxy groups -OCH3 is 1. The summed E-state index contributed by atoms with van der Waals surface area (Å²) in [5, 5.41) is 9.66. The fourth-order valence-corrected chi connectivity index (χ4v) is 4.60. The largest absolute Gasteiger partial charge is 0.493 e. The van der Waals surface area contributed by atoms with Crippen molar-refractivity contribution in [2.24, 2.45) is 0 Å². The molecule has 7 nitrogen and oxygen atoms in total. The number of anilines is 2. The molecule has 1 saturated heterocycles. The maximum absolute atomic E-state index is 12.5. The van der Waals surface area contributed by atoms with Crippen LogP contribution in [0.25, 0.3) is 6.08 Å². The van der Waals surface area contributed by atoms with E-state index in [1.807, 2.05) is 37.3 Å². The Hall–Kier alpha value is -3.62. The summed E-state index contributed by atoms with van der Waals surface area (Å²) in [5.41, 5.74) is 3.04. The van der Waals surface area contributed by atoms with E-state index in [0.717, 1.165) is 16.8 Å². The molecule has 1 heterocycles. The van der Waals surface area contributed by atoms with Crippen LogP contribution in [0.3, 0.4) is 0 Å². The molecule has 4 rings (SSSR count). The van der Waals surface area contributed by atoms with Crippen molar-refractivity contribution in [2.45, 2.75) is 12.4 Å². The number of carbonyl (C=O) groups excluding carboxylic acids is 2. The van der Waals surface area contributed by atoms with Gasteiger partial charge >= 0.3 is 0 Å². The van der Waals surface area contributed by atoms with Gasteiger partial charge in [-0.25, -0.2) is 0 Å². The van der Waals surface area contributed by atoms with Crippen molar-refractivity contribution in [3.8, 4) is 11.5 Å². The van der Waals surface area contributed by atoms with Gasteiger partial charge in [0.05, 0.1) is 12.0 Å². The van der Waals surface area contributed by atoms with E-state index in [1.54, 1.807) is 42.5 Å². The van der Waals surface area contributed by atoms with Crippen LogP contribution < -0.4 is 25.4 Å². The Kier molecular flexibility index (Phi) is 7.84. The molecular formula is C26H24ClN3O4S. The third-order valence-electron chi connectivity index (χ3n) is 5.11. The molecule has 180 valence electrons. The summed E-state index contributed by atoms with van der Waals surface area (Å²) in [6.07, 6.45) is 1.78. The number of carbonyl (C=O) groups is 2. The summed E-state index contributed by atoms with van der Waals surface area (Å²) in [6, 6.07) is 20.0. The molecule has 0 aliphatic carbocycles. The first-order valence-corrected chi connectivity index (χ1v) is 12.0. The maximum atomic E-state index is 12.5. The number of amides is 2. The summed E-state index contributed by atoms with van der Waals surface area (Å²) in [4.78, 5) is 25.2. The third-order valence-corrected chi connectivity index (χ3v) is 6.37. The number of para-hydroxylation sites is 1. The molecule has 1 aliphatic heterocycles. The Morgan fingerprint density at radius 3 is 2.66 bits per heavy atom. The SMILES string of the molecule is COc1cc(/C=C2\SC(Nc3ccc(Cl)cc3C)NC2=O)ccc1OCC(=O)Nc1ccccc1. The molecule has 1 fully saturated rings. The van der Waals surface area contributed by atoms with Crippen molar-refractivity contribution in [3.05, 3.63) is 87.8 Å². The normalized spacial score (nSPS) is 16.0. The lowest BCUT2D eigenvalue weighted by Crippen LogP contribution is -2.31. The average Bonchev–Trinajstić information content (AvgIpc) is 3.19. The second-order valence-electron chi connectivity index (χ2n) is 7.70. The lowest BCUT2D eigenvalue weighted by Gasteiger charge is -2.15. The van der Waals surface area contributed by atoms with E-state index in [-0.39, 0.29) is 23.9 Å². The van der Waals surface area contributed by atoms with Gasteiger partial charge in [-0.3, -0.25) is 9.59 Å². The van der Waals surface area contributed by atoms with Crippen LogP contribution in [0.5, 0.6) is 11.5 Å². The molecule has 3 aromatic rings. The van der Waals surface area contributed by atoms with E-state index >= 15 is 0 Å². The minimum Gasteiger partial charge on any atom is -0.493 e. The standard InChI is InChI=1S/C26H24ClN3O4S/c1-16-12-18(27)9-10-20(16)29-26-30-25(32)23(35-26)14-17-8-11-21(22(13-17)33-2)34-15-24(31)28-19-6-4-3-5-7-19/h3-14,26,29H,15H2,1-2H3,(H,28,31)(H,30,32)/b23-14-. The first-order chi connectivity index (χ1) is 16.9. The van der Waals surface area contributed by atoms with Gasteiger partial charge in [0.1, 0.15) is 0 Å². The molecule has 0 aromatic heterocycles. The Labute approximate surface area is 212 Å². The van der Waals surface area contributed by atoms with Crippen LogP contribution in [0.1, 0.15) is 11.1 Å². The van der Waals surface area contributed by atoms with Crippen molar-refractivity contribution in [3.63, 3.8) is 0 Å². The van der Waals surface area contributed by atoms with Crippen LogP contribution in [0, 0.1) is 6.92 Å². The fraction of sp³-hybridized carbons (Fsp3) is 0.154. The van der Waals surface area contributed by atoms with E-state index in [0.29, 0.717) is 27.1 Å². The summed E-state index contributed by atoms with van der Waals surface area (Å²) in [7, 11) is 1.52. The lowest BCUT2D eigenvalue weighted by atomic mass is 10.2. The predicted molar refractivity (Wildman–Crippen MR) is 141 cm³/mol. The van der Waals surface area contributed by atoms with Gasteiger partial charge in [-0.05, 0) is 66.6 Å². The monoisotopic (exact) mass is 509 g/mol. The number of hydrogen-bond donors (Lipinski definition) is 3. The van der Waals surface area contributed by atoms with Gasteiger partial charge < -0.3 is 25.4 Å². The van der Waals surface area contributed by atoms with Crippen LogP contribution in [0.15, 0.2) is 71.6 Å². The summed E-state index contributed by atoms with van der Waals surface area (Å²) >= 11 is 7.41. The molecule has 9 heteroatoms. The number of thioether (sulfide) groups is 1. The predicted octanol–water partition coefficient (Wildman–Crippen LogP) is 5.27. The summed E-state index contributed by atoms with van der Waals surface area (Å²) in [5.74, 6) is 0.440. The van der Waals surface area contributed by atoms with Crippen molar-refractivity contribution in [1.29, 1.82) is 0 Å². The molecule has 3 aromatic carbocycles. The van der Waals surface area contributed by atoms with E-state index in [9.17, 15) is 9.59 Å². The number of halogens is 1. The van der Waals surface area contributed by atoms with Gasteiger partial charge in [-0.1, -0.05) is 47.6 Å². The highest BCUT2D eigenvalue weighted by Gasteiger charge is 2.27. The highest BCUT2D eigenvalue weighted by atomic mass is 35.5. The second kappa shape index (κ2) is 11.2. The van der Waals surface area contributed by atoms with Crippen molar-refractivity contribution in [1.82, 2.24) is 5.32 Å². The van der Waals surface area contributed by atoms with Crippen LogP contribution >= 0.6 is 23.4 Å². The molecule has 3 N–H and O–H groups in total. The molecule has 1 aliphatic rings. The number of aryl methyl sites for hydroxylation is 1. The summed E-state index contributed by atoms with van der Waals surface area (Å²) in [6.45, 7) is 1.79. The Bertz CT molecular complexity index is 1270. The van der Waals surface area contributed by atoms with Crippen LogP contribution in [-0.4, -0.2) is 31.0 Å². The zero-order chi connectivity index (χ0) is 24.8. The molecule has 35 heavy (non-hydrogen) atoms. The Morgan fingerprint density at radius 1 is 1.11 bits per heavy atom. The van der Waals surface area contributed by atoms with Crippen molar-refractivity contribution in [2.75, 3.05) is 24.4 Å². The number of rotatable bonds is 8. The zero-order valence-corrected chi connectivity index (χ0v) is 20.7. The van der Waals surface area contributed by atoms with Gasteiger partial charge in [0, 0.05) is 16.4 Å². The number of hydrogen-bond acceptors (Lipinski definition) is 6. The molecule has 0 spiro atoms. The van der Waals surface area contributed by atoms with Gasteiger partial charge in [0.25, 0.3) is 11.8 Å². The minimum absolute atomic E-state index is 0.165. The molecule has 2 amide bonds. The quantitative estimate of drug-likeness (QED) is 0.358. The van der Waals surface area contributed by atoms with Crippen molar-refractivity contribution >= 4 is 52.6 Å². The van der Waals surface area contributed by atoms with E-state index < -0.39 is 0 Å². The Balaban J connectivity index is 1.39. The van der Waals surface area contributed by atoms with Gasteiger partial charge in [-0.15, -0.1) is 0 Å². The first kappa shape index (κ1) is 24.5. The van der Waals surface area contributed by atoms with E-state index in [1.165, 1.54) is 18.9 Å². The average molecular weight is 510 g/mol. The summed E-state index contributed by atoms with van der Waals surface area (Å²) < 4.78 is 11.1. The molecule has 1 atom stereocenters. The first-order valence-electron chi connectivity index (χ1n) is 10.8. The number of nitrogens with one attached hydrogen (secondary N) is 3. The van der Waals surface area contributed by atoms with E-state index in [4.69, 9.17) is 21.1 Å². The van der Waals surface area contributed by atoms with Crippen LogP contribution in [0.4, 0.5) is 11.4 Å². The minimum atomic E-state index is -0.304. The number of ether oxygens (including phenoxy) is 2. The fourth-order valence-electron chi connectivity index (χ4n) is 3.40. The van der Waals surface area contributed by atoms with Gasteiger partial charge in [-0.2, -0.15) is 0 Å². The van der Waals surface area contributed by atoms with E-state index in [2.05, 4.69) is 16.0 Å². The molecule has 0 saturated carbocycles. The smallest absolute Gasteiger partial charge is 0.262 e. The lowest BCUT2D eigenvalue weighted by molar-refractivity contribution is -0.118. The van der Waals surface area contributed by atoms with Gasteiger partial charge in [0.2, 0.25) is 0 Å². The molecule has 0 radical (unpaired) electrons. The topological polar surface area (TPSA) is 88.7 Å². The van der Waals surface area contributed by atoms with Crippen LogP contribution in [0.2, 0.25) is 5.02 Å². The van der Waals surface area contributed by atoms with Crippen molar-refractivity contribution < 1.29 is 19.1 Å². The maximum Gasteiger partial charge on any atom is 0.262 e. The molecule has 0 bridgehead atoms. The highest BCUT2D eigenvalue weighted by Crippen LogP contribution is 2.34. The highest BCUT2D eigenvalue weighted by molar-refractivity contribution is 8.05. The zero-order valence-electron chi connectivity index (χ0n) is 19.1. The van der Waals surface area contributed by atoms with Crippen LogP contribution in [-0.2, 0) is 9.59 Å². The third kappa shape index (κ3) is 6.49. The number of benzene rings is 3. The second-order valence-corrected chi connectivity index (χ2v) is 9.28. The Morgan fingerprint density at radius 2 is 1.91 bits per heavy atom. The molecular weight excluding hydrogens is 486 g/mol.